The van der Waals surface area contributed by atoms with Gasteiger partial charge in [-0.2, -0.15) is 0 Å². The first kappa shape index (κ1) is 12.7. The van der Waals surface area contributed by atoms with Crippen LogP contribution in [0.3, 0.4) is 0 Å². The molecule has 0 fully saturated rings. The summed E-state index contributed by atoms with van der Waals surface area (Å²) in [7, 11) is 0. The minimum atomic E-state index is 0.179. The van der Waals surface area contributed by atoms with Gasteiger partial charge in [-0.1, -0.05) is 6.07 Å². The van der Waals surface area contributed by atoms with Gasteiger partial charge in [0.05, 0.1) is 11.2 Å². The Kier molecular flexibility index (Phi) is 3.42. The van der Waals surface area contributed by atoms with Gasteiger partial charge in [-0.15, -0.1) is 11.3 Å². The van der Waals surface area contributed by atoms with Gasteiger partial charge in [0.2, 0.25) is 0 Å². The number of imidazole rings is 1. The Morgan fingerprint density at radius 2 is 2.25 bits per heavy atom. The zero-order valence-corrected chi connectivity index (χ0v) is 11.5. The molecule has 20 heavy (non-hydrogen) atoms. The molecule has 3 rings (SSSR count). The van der Waals surface area contributed by atoms with E-state index in [1.807, 2.05) is 22.1 Å². The number of hydrogen-bond donors (Lipinski definition) is 1. The number of nitrogen functional groups attached to an aromatic ring is 1. The lowest BCUT2D eigenvalue weighted by molar-refractivity contribution is 0.0982. The van der Waals surface area contributed by atoms with Crippen LogP contribution in [0.4, 0.5) is 5.82 Å². The van der Waals surface area contributed by atoms with Gasteiger partial charge in [0.15, 0.2) is 17.2 Å². The van der Waals surface area contributed by atoms with E-state index in [-0.39, 0.29) is 5.78 Å². The molecule has 3 aromatic heterocycles. The standard InChI is InChI=1S/C13H13N5OS/c14-12-11-13(16-7-15-12)18(8-17-11)5-1-3-9(19)10-4-2-6-20-10/h2,4,6-8H,1,3,5H2,(H2,14,15,16). The Hall–Kier alpha value is -2.28. The number of ketones is 1. The number of aromatic nitrogens is 4. The molecule has 0 radical (unpaired) electrons. The van der Waals surface area contributed by atoms with E-state index in [2.05, 4.69) is 15.0 Å². The van der Waals surface area contributed by atoms with Gasteiger partial charge in [0.1, 0.15) is 11.8 Å². The highest BCUT2D eigenvalue weighted by atomic mass is 32.1. The third-order valence-electron chi connectivity index (χ3n) is 3.03. The van der Waals surface area contributed by atoms with Gasteiger partial charge >= 0.3 is 0 Å². The Bertz CT molecular complexity index is 734. The summed E-state index contributed by atoms with van der Waals surface area (Å²) in [5, 5.41) is 1.91. The summed E-state index contributed by atoms with van der Waals surface area (Å²) in [5.74, 6) is 0.557. The first-order chi connectivity index (χ1) is 9.75. The van der Waals surface area contributed by atoms with Crippen LogP contribution in [0.5, 0.6) is 0 Å². The quantitative estimate of drug-likeness (QED) is 0.726. The molecule has 0 spiro atoms. The largest absolute Gasteiger partial charge is 0.382 e. The minimum Gasteiger partial charge on any atom is -0.382 e. The number of Topliss-reactive ketones (excluding diaryl/α,β-unsaturated/α-hetero) is 1. The molecule has 0 aromatic carbocycles. The first-order valence-electron chi connectivity index (χ1n) is 6.23. The molecule has 0 aliphatic heterocycles. The number of aryl methyl sites for hydroxylation is 1. The summed E-state index contributed by atoms with van der Waals surface area (Å²) in [6.07, 6.45) is 4.37. The molecular weight excluding hydrogens is 274 g/mol. The molecule has 0 saturated carbocycles. The number of nitrogens with zero attached hydrogens (tertiary/aromatic N) is 4. The molecule has 0 saturated heterocycles. The van der Waals surface area contributed by atoms with Crippen LogP contribution in [0.1, 0.15) is 22.5 Å². The Morgan fingerprint density at radius 3 is 3.05 bits per heavy atom. The number of nitrogens with two attached hydrogens (primary N) is 1. The summed E-state index contributed by atoms with van der Waals surface area (Å²) in [4.78, 5) is 25.0. The van der Waals surface area contributed by atoms with Crippen LogP contribution in [0.2, 0.25) is 0 Å². The van der Waals surface area contributed by atoms with Crippen molar-refractivity contribution in [2.24, 2.45) is 0 Å². The SMILES string of the molecule is Nc1ncnc2c1ncn2CCCC(=O)c1cccs1. The average Bonchev–Trinajstić information content (AvgIpc) is 3.09. The number of hydrogen-bond acceptors (Lipinski definition) is 6. The number of anilines is 1. The van der Waals surface area contributed by atoms with Crippen molar-refractivity contribution in [2.75, 3.05) is 5.73 Å². The fraction of sp³-hybridized carbons (Fsp3) is 0.231. The van der Waals surface area contributed by atoms with E-state index in [0.29, 0.717) is 29.9 Å². The fourth-order valence-corrected chi connectivity index (χ4v) is 2.73. The van der Waals surface area contributed by atoms with Crippen LogP contribution in [-0.4, -0.2) is 25.3 Å². The minimum absolute atomic E-state index is 0.179. The van der Waals surface area contributed by atoms with E-state index < -0.39 is 0 Å². The Labute approximate surface area is 119 Å². The van der Waals surface area contributed by atoms with E-state index in [4.69, 9.17) is 5.73 Å². The molecule has 0 atom stereocenters. The highest BCUT2D eigenvalue weighted by Crippen LogP contribution is 2.16. The van der Waals surface area contributed by atoms with Gasteiger partial charge in [0, 0.05) is 13.0 Å². The molecule has 0 aliphatic rings. The second kappa shape index (κ2) is 5.38. The van der Waals surface area contributed by atoms with Crippen molar-refractivity contribution in [3.05, 3.63) is 35.0 Å². The van der Waals surface area contributed by atoms with Gasteiger partial charge in [-0.05, 0) is 17.9 Å². The predicted molar refractivity (Wildman–Crippen MR) is 77.6 cm³/mol. The zero-order chi connectivity index (χ0) is 13.9. The molecule has 6 nitrogen and oxygen atoms in total. The third kappa shape index (κ3) is 2.39. The van der Waals surface area contributed by atoms with Gasteiger partial charge in [-0.25, -0.2) is 15.0 Å². The summed E-state index contributed by atoms with van der Waals surface area (Å²) in [6, 6.07) is 3.74. The van der Waals surface area contributed by atoms with Crippen LogP contribution < -0.4 is 5.73 Å². The lowest BCUT2D eigenvalue weighted by Crippen LogP contribution is -2.02. The Balaban J connectivity index is 1.66. The normalized spacial score (nSPS) is 11.0. The summed E-state index contributed by atoms with van der Waals surface area (Å²) in [6.45, 7) is 0.685. The highest BCUT2D eigenvalue weighted by molar-refractivity contribution is 7.12. The number of thiophene rings is 1. The van der Waals surface area contributed by atoms with E-state index in [9.17, 15) is 4.79 Å². The van der Waals surface area contributed by atoms with Crippen LogP contribution in [0.25, 0.3) is 11.2 Å². The molecule has 0 amide bonds. The van der Waals surface area contributed by atoms with Crippen molar-refractivity contribution in [1.82, 2.24) is 19.5 Å². The molecule has 0 aliphatic carbocycles. The lowest BCUT2D eigenvalue weighted by atomic mass is 10.2. The van der Waals surface area contributed by atoms with E-state index in [0.717, 1.165) is 11.3 Å². The van der Waals surface area contributed by atoms with Crippen LogP contribution in [-0.2, 0) is 6.54 Å². The maximum atomic E-state index is 11.9. The average molecular weight is 287 g/mol. The maximum absolute atomic E-state index is 11.9. The topological polar surface area (TPSA) is 86.7 Å². The van der Waals surface area contributed by atoms with Crippen LogP contribution in [0.15, 0.2) is 30.2 Å². The molecule has 102 valence electrons. The van der Waals surface area contributed by atoms with Crippen molar-refractivity contribution >= 4 is 34.1 Å². The lowest BCUT2D eigenvalue weighted by Gasteiger charge is -2.03. The van der Waals surface area contributed by atoms with Gasteiger partial charge < -0.3 is 10.3 Å². The van der Waals surface area contributed by atoms with Gasteiger partial charge in [0.25, 0.3) is 0 Å². The highest BCUT2D eigenvalue weighted by Gasteiger charge is 2.09. The predicted octanol–water partition coefficient (Wildman–Crippen LogP) is 2.13. The molecule has 2 N–H and O–H groups in total. The maximum Gasteiger partial charge on any atom is 0.172 e. The first-order valence-corrected chi connectivity index (χ1v) is 7.11. The van der Waals surface area contributed by atoms with Crippen molar-refractivity contribution in [2.45, 2.75) is 19.4 Å². The zero-order valence-electron chi connectivity index (χ0n) is 10.7. The second-order valence-corrected chi connectivity index (χ2v) is 5.32. The van der Waals surface area contributed by atoms with E-state index >= 15 is 0 Å². The second-order valence-electron chi connectivity index (χ2n) is 4.37. The third-order valence-corrected chi connectivity index (χ3v) is 3.94. The number of fused-ring (bicyclic) bond motifs is 1. The smallest absolute Gasteiger partial charge is 0.172 e. The van der Waals surface area contributed by atoms with E-state index in [1.165, 1.54) is 17.7 Å². The molecule has 0 bridgehead atoms. The van der Waals surface area contributed by atoms with E-state index in [1.54, 1.807) is 6.33 Å². The molecule has 3 heterocycles. The number of carbonyl (C=O) groups excluding carboxylic acids is 1. The van der Waals surface area contributed by atoms with Crippen molar-refractivity contribution in [3.63, 3.8) is 0 Å². The van der Waals surface area contributed by atoms with Crippen molar-refractivity contribution < 1.29 is 4.79 Å². The monoisotopic (exact) mass is 287 g/mol. The van der Waals surface area contributed by atoms with Gasteiger partial charge in [-0.3, -0.25) is 4.79 Å². The van der Waals surface area contributed by atoms with Crippen LogP contribution >= 0.6 is 11.3 Å². The van der Waals surface area contributed by atoms with Crippen molar-refractivity contribution in [3.8, 4) is 0 Å². The molecule has 3 aromatic rings. The fourth-order valence-electron chi connectivity index (χ4n) is 2.03. The molecule has 0 unspecified atom stereocenters. The van der Waals surface area contributed by atoms with Crippen molar-refractivity contribution in [1.29, 1.82) is 0 Å². The number of rotatable bonds is 5. The molecular formula is C13H13N5OS. The summed E-state index contributed by atoms with van der Waals surface area (Å²) >= 11 is 1.48. The Morgan fingerprint density at radius 1 is 1.35 bits per heavy atom. The number of carbonyl (C=O) groups is 1. The summed E-state index contributed by atoms with van der Waals surface area (Å²) < 4.78 is 1.90. The summed E-state index contributed by atoms with van der Waals surface area (Å²) in [5.41, 5.74) is 7.05. The van der Waals surface area contributed by atoms with Crippen LogP contribution in [0, 0.1) is 0 Å². The molecule has 7 heteroatoms.